The zero-order valence-electron chi connectivity index (χ0n) is 11.7. The van der Waals surface area contributed by atoms with E-state index in [2.05, 4.69) is 10.3 Å². The SMILES string of the molecule is O=S(=O)(c1ccc(Cl)s1)N1CCC(n2cc(C3CC3)nn2)C1. The first-order valence-electron chi connectivity index (χ1n) is 7.21. The van der Waals surface area contributed by atoms with E-state index in [9.17, 15) is 8.42 Å². The molecule has 0 amide bonds. The van der Waals surface area contributed by atoms with E-state index in [1.807, 2.05) is 10.9 Å². The molecule has 1 saturated heterocycles. The molecule has 118 valence electrons. The molecule has 1 unspecified atom stereocenters. The van der Waals surface area contributed by atoms with E-state index >= 15 is 0 Å². The molecule has 1 aliphatic heterocycles. The normalized spacial score (nSPS) is 23.2. The van der Waals surface area contributed by atoms with Crippen LogP contribution in [0.2, 0.25) is 4.34 Å². The molecule has 0 radical (unpaired) electrons. The van der Waals surface area contributed by atoms with E-state index in [1.165, 1.54) is 17.1 Å². The van der Waals surface area contributed by atoms with Crippen LogP contribution in [0.3, 0.4) is 0 Å². The van der Waals surface area contributed by atoms with Crippen LogP contribution >= 0.6 is 22.9 Å². The summed E-state index contributed by atoms with van der Waals surface area (Å²) in [4.78, 5) is 0. The molecule has 4 rings (SSSR count). The lowest BCUT2D eigenvalue weighted by atomic mass is 10.2. The summed E-state index contributed by atoms with van der Waals surface area (Å²) in [7, 11) is -3.45. The van der Waals surface area contributed by atoms with Gasteiger partial charge in [0.2, 0.25) is 0 Å². The summed E-state index contributed by atoms with van der Waals surface area (Å²) in [5.41, 5.74) is 1.03. The Morgan fingerprint density at radius 1 is 1.27 bits per heavy atom. The van der Waals surface area contributed by atoms with Crippen LogP contribution in [0, 0.1) is 0 Å². The van der Waals surface area contributed by atoms with Gasteiger partial charge in [0.1, 0.15) is 4.21 Å². The van der Waals surface area contributed by atoms with Crippen LogP contribution in [-0.4, -0.2) is 40.8 Å². The Labute approximate surface area is 137 Å². The van der Waals surface area contributed by atoms with Crippen molar-refractivity contribution in [1.82, 2.24) is 19.3 Å². The molecule has 6 nitrogen and oxygen atoms in total. The Balaban J connectivity index is 1.51. The number of rotatable bonds is 4. The second-order valence-corrected chi connectivity index (χ2v) is 9.64. The molecule has 1 atom stereocenters. The molecule has 2 aromatic heterocycles. The van der Waals surface area contributed by atoms with Gasteiger partial charge >= 0.3 is 0 Å². The van der Waals surface area contributed by atoms with Crippen LogP contribution in [0.25, 0.3) is 0 Å². The second kappa shape index (κ2) is 5.30. The number of nitrogens with zero attached hydrogens (tertiary/aromatic N) is 4. The number of thiophene rings is 1. The van der Waals surface area contributed by atoms with Crippen LogP contribution in [0.1, 0.15) is 36.9 Å². The first-order valence-corrected chi connectivity index (χ1v) is 9.85. The van der Waals surface area contributed by atoms with Crippen molar-refractivity contribution < 1.29 is 8.42 Å². The lowest BCUT2D eigenvalue weighted by molar-refractivity contribution is 0.429. The fourth-order valence-electron chi connectivity index (χ4n) is 2.74. The summed E-state index contributed by atoms with van der Waals surface area (Å²) >= 11 is 6.95. The molecule has 0 N–H and O–H groups in total. The lowest BCUT2D eigenvalue weighted by Crippen LogP contribution is -2.28. The predicted octanol–water partition coefficient (Wildman–Crippen LogP) is 2.51. The molecule has 2 fully saturated rings. The van der Waals surface area contributed by atoms with Crippen molar-refractivity contribution in [3.05, 3.63) is 28.4 Å². The zero-order valence-corrected chi connectivity index (χ0v) is 14.1. The van der Waals surface area contributed by atoms with Crippen LogP contribution in [0.5, 0.6) is 0 Å². The van der Waals surface area contributed by atoms with Gasteiger partial charge in [0.15, 0.2) is 0 Å². The molecule has 22 heavy (non-hydrogen) atoms. The molecule has 0 spiro atoms. The molecular weight excluding hydrogens is 344 g/mol. The number of hydrogen-bond acceptors (Lipinski definition) is 5. The highest BCUT2D eigenvalue weighted by Gasteiger charge is 2.35. The van der Waals surface area contributed by atoms with Gasteiger partial charge in [0.25, 0.3) is 10.0 Å². The Bertz CT molecular complexity index is 797. The fraction of sp³-hybridized carbons (Fsp3) is 0.538. The summed E-state index contributed by atoms with van der Waals surface area (Å²) in [6.45, 7) is 0.937. The Morgan fingerprint density at radius 2 is 2.09 bits per heavy atom. The van der Waals surface area contributed by atoms with Gasteiger partial charge in [-0.1, -0.05) is 16.8 Å². The largest absolute Gasteiger partial charge is 0.252 e. The molecule has 3 heterocycles. The van der Waals surface area contributed by atoms with Gasteiger partial charge in [-0.3, -0.25) is 0 Å². The smallest absolute Gasteiger partial charge is 0.248 e. The number of aromatic nitrogens is 3. The van der Waals surface area contributed by atoms with Crippen molar-refractivity contribution in [2.45, 2.75) is 35.4 Å². The highest BCUT2D eigenvalue weighted by atomic mass is 35.5. The third kappa shape index (κ3) is 2.58. The van der Waals surface area contributed by atoms with E-state index in [4.69, 9.17) is 11.6 Å². The summed E-state index contributed by atoms with van der Waals surface area (Å²) < 4.78 is 29.3. The summed E-state index contributed by atoms with van der Waals surface area (Å²) in [5, 5.41) is 8.38. The van der Waals surface area contributed by atoms with Crippen LogP contribution in [-0.2, 0) is 10.0 Å². The van der Waals surface area contributed by atoms with Gasteiger partial charge < -0.3 is 0 Å². The monoisotopic (exact) mass is 358 g/mol. The molecule has 2 aromatic rings. The quantitative estimate of drug-likeness (QED) is 0.842. The highest BCUT2D eigenvalue weighted by molar-refractivity contribution is 7.91. The van der Waals surface area contributed by atoms with Gasteiger partial charge in [-0.15, -0.1) is 16.4 Å². The number of halogens is 1. The van der Waals surface area contributed by atoms with Gasteiger partial charge in [-0.25, -0.2) is 13.1 Å². The number of sulfonamides is 1. The summed E-state index contributed by atoms with van der Waals surface area (Å²) in [6, 6.07) is 3.24. The van der Waals surface area contributed by atoms with Crippen molar-refractivity contribution in [3.8, 4) is 0 Å². The maximum absolute atomic E-state index is 12.6. The van der Waals surface area contributed by atoms with Gasteiger partial charge in [0.05, 0.1) is 16.1 Å². The Hall–Kier alpha value is -0.960. The highest BCUT2D eigenvalue weighted by Crippen LogP contribution is 2.39. The molecule has 1 saturated carbocycles. The maximum Gasteiger partial charge on any atom is 0.252 e. The van der Waals surface area contributed by atoms with Crippen molar-refractivity contribution in [2.75, 3.05) is 13.1 Å². The van der Waals surface area contributed by atoms with Crippen LogP contribution in [0.4, 0.5) is 0 Å². The first-order chi connectivity index (χ1) is 10.5. The molecule has 9 heteroatoms. The van der Waals surface area contributed by atoms with Crippen molar-refractivity contribution in [3.63, 3.8) is 0 Å². The summed E-state index contributed by atoms with van der Waals surface area (Å²) in [6.07, 6.45) is 5.10. The van der Waals surface area contributed by atoms with E-state index in [1.54, 1.807) is 12.1 Å². The Morgan fingerprint density at radius 3 is 2.77 bits per heavy atom. The molecule has 1 aliphatic carbocycles. The zero-order chi connectivity index (χ0) is 15.3. The average Bonchev–Trinajstić information content (AvgIpc) is 2.95. The van der Waals surface area contributed by atoms with Gasteiger partial charge in [-0.2, -0.15) is 4.31 Å². The first kappa shape index (κ1) is 14.6. The van der Waals surface area contributed by atoms with E-state index in [-0.39, 0.29) is 6.04 Å². The van der Waals surface area contributed by atoms with Crippen molar-refractivity contribution >= 4 is 33.0 Å². The number of hydrogen-bond donors (Lipinski definition) is 0. The third-order valence-electron chi connectivity index (χ3n) is 4.17. The second-order valence-electron chi connectivity index (χ2n) is 5.76. The van der Waals surface area contributed by atoms with Gasteiger partial charge in [0, 0.05) is 25.2 Å². The third-order valence-corrected chi connectivity index (χ3v) is 7.73. The standard InChI is InChI=1S/C13H15ClN4O2S2/c14-12-3-4-13(21-12)22(19,20)17-6-5-10(7-17)18-8-11(15-16-18)9-1-2-9/h3-4,8-10H,1-2,5-7H2. The molecule has 2 aliphatic rings. The van der Waals surface area contributed by atoms with E-state index in [0.717, 1.165) is 23.5 Å². The topological polar surface area (TPSA) is 68.1 Å². The van der Waals surface area contributed by atoms with Crippen molar-refractivity contribution in [2.24, 2.45) is 0 Å². The molecular formula is C13H15ClN4O2S2. The van der Waals surface area contributed by atoms with Crippen molar-refractivity contribution in [1.29, 1.82) is 0 Å². The van der Waals surface area contributed by atoms with E-state index in [0.29, 0.717) is 27.6 Å². The predicted molar refractivity (Wildman–Crippen MR) is 83.7 cm³/mol. The van der Waals surface area contributed by atoms with Gasteiger partial charge in [-0.05, 0) is 31.4 Å². The average molecular weight is 359 g/mol. The fourth-order valence-corrected chi connectivity index (χ4v) is 5.87. The summed E-state index contributed by atoms with van der Waals surface area (Å²) in [5.74, 6) is 0.559. The molecule has 0 aromatic carbocycles. The van der Waals surface area contributed by atoms with E-state index < -0.39 is 10.0 Å². The Kier molecular flexibility index (Phi) is 3.52. The van der Waals surface area contributed by atoms with Crippen LogP contribution < -0.4 is 0 Å². The maximum atomic E-state index is 12.6. The molecule has 0 bridgehead atoms. The van der Waals surface area contributed by atoms with Crippen LogP contribution in [0.15, 0.2) is 22.5 Å². The minimum absolute atomic E-state index is 0.0604. The minimum Gasteiger partial charge on any atom is -0.248 e. The minimum atomic E-state index is -3.45. The lowest BCUT2D eigenvalue weighted by Gasteiger charge is -2.15.